The second-order valence-corrected chi connectivity index (χ2v) is 8.86. The number of anilines is 1. The van der Waals surface area contributed by atoms with Crippen molar-refractivity contribution in [1.82, 2.24) is 25.1 Å². The Morgan fingerprint density at radius 2 is 1.91 bits per heavy atom. The van der Waals surface area contributed by atoms with E-state index in [9.17, 15) is 4.79 Å². The Labute approximate surface area is 210 Å². The molecule has 0 saturated heterocycles. The maximum atomic E-state index is 12.3. The van der Waals surface area contributed by atoms with Gasteiger partial charge in [-0.3, -0.25) is 10.1 Å². The van der Waals surface area contributed by atoms with Crippen LogP contribution in [-0.2, 0) is 11.2 Å². The van der Waals surface area contributed by atoms with E-state index < -0.39 is 0 Å². The van der Waals surface area contributed by atoms with E-state index in [1.165, 1.54) is 17.4 Å². The lowest BCUT2D eigenvalue weighted by atomic mass is 10.2. The number of aryl methyl sites for hydroxylation is 1. The van der Waals surface area contributed by atoms with E-state index in [1.807, 2.05) is 73.7 Å². The Bertz CT molecular complexity index is 1530. The molecule has 1 amide bonds. The number of furan rings is 1. The number of rotatable bonds is 6. The number of hydrogen-bond acceptors (Lipinski definition) is 7. The van der Waals surface area contributed by atoms with E-state index in [0.29, 0.717) is 5.76 Å². The van der Waals surface area contributed by atoms with Crippen LogP contribution in [0, 0.1) is 0 Å². The van der Waals surface area contributed by atoms with Gasteiger partial charge in [-0.15, -0.1) is 10.2 Å². The molecule has 2 aromatic carbocycles. The molecule has 2 N–H and O–H groups in total. The van der Waals surface area contributed by atoms with Gasteiger partial charge in [0.25, 0.3) is 0 Å². The maximum absolute atomic E-state index is 12.3. The number of amides is 1. The molecule has 0 fully saturated rings. The minimum Gasteiger partial charge on any atom is -0.457 e. The van der Waals surface area contributed by atoms with Gasteiger partial charge in [-0.05, 0) is 42.6 Å². The first kappa shape index (κ1) is 22.6. The van der Waals surface area contributed by atoms with Crippen molar-refractivity contribution in [2.45, 2.75) is 13.3 Å². The first-order valence-electron chi connectivity index (χ1n) is 10.9. The highest BCUT2D eigenvalue weighted by molar-refractivity contribution is 7.80. The van der Waals surface area contributed by atoms with Crippen LogP contribution in [0.25, 0.3) is 32.9 Å². The lowest BCUT2D eigenvalue weighted by Crippen LogP contribution is -2.32. The number of nitrogens with zero attached hydrogens (tertiary/aromatic N) is 4. The van der Waals surface area contributed by atoms with Gasteiger partial charge in [0.05, 0.1) is 0 Å². The third-order valence-corrected chi connectivity index (χ3v) is 6.21. The van der Waals surface area contributed by atoms with Gasteiger partial charge < -0.3 is 9.73 Å². The number of carbonyl (C=O) groups is 1. The lowest BCUT2D eigenvalue weighted by molar-refractivity contribution is -0.115. The second kappa shape index (κ2) is 10.00. The van der Waals surface area contributed by atoms with Crippen LogP contribution in [0.1, 0.15) is 18.5 Å². The number of aromatic nitrogens is 4. The molecule has 0 unspecified atom stereocenters. The zero-order chi connectivity index (χ0) is 24.2. The van der Waals surface area contributed by atoms with E-state index >= 15 is 0 Å². The van der Waals surface area contributed by atoms with Crippen molar-refractivity contribution in [3.05, 3.63) is 84.4 Å². The molecule has 0 atom stereocenters. The second-order valence-electron chi connectivity index (χ2n) is 7.50. The van der Waals surface area contributed by atoms with Crippen molar-refractivity contribution < 1.29 is 9.21 Å². The highest BCUT2D eigenvalue weighted by Gasteiger charge is 2.12. The number of carbonyl (C=O) groups excluding carboxylic acids is 1. The zero-order valence-corrected chi connectivity index (χ0v) is 20.3. The fraction of sp³-hybridized carbons (Fsp3) is 0.0800. The summed E-state index contributed by atoms with van der Waals surface area (Å²) in [5, 5.41) is 19.6. The van der Waals surface area contributed by atoms with Crippen LogP contribution in [0.3, 0.4) is 0 Å². The fourth-order valence-electron chi connectivity index (χ4n) is 3.40. The molecule has 0 aliphatic rings. The highest BCUT2D eigenvalue weighted by Crippen LogP contribution is 2.27. The monoisotopic (exact) mass is 500 g/mol. The molecule has 0 aliphatic carbocycles. The molecular formula is C25H20N6O2S2. The molecule has 174 valence electrons. The summed E-state index contributed by atoms with van der Waals surface area (Å²) in [6, 6.07) is 21.1. The zero-order valence-electron chi connectivity index (χ0n) is 18.6. The summed E-state index contributed by atoms with van der Waals surface area (Å²) in [7, 11) is 0. The van der Waals surface area contributed by atoms with Crippen molar-refractivity contribution >= 4 is 51.3 Å². The van der Waals surface area contributed by atoms with Crippen LogP contribution >= 0.6 is 23.6 Å². The molecule has 35 heavy (non-hydrogen) atoms. The van der Waals surface area contributed by atoms with Crippen LogP contribution in [-0.4, -0.2) is 30.8 Å². The van der Waals surface area contributed by atoms with Crippen LogP contribution in [0.2, 0.25) is 0 Å². The minimum atomic E-state index is -0.364. The van der Waals surface area contributed by atoms with Crippen LogP contribution in [0.5, 0.6) is 0 Å². The molecule has 10 heteroatoms. The van der Waals surface area contributed by atoms with Gasteiger partial charge in [0.2, 0.25) is 10.9 Å². The van der Waals surface area contributed by atoms with Gasteiger partial charge >= 0.3 is 0 Å². The number of nitrogens with one attached hydrogen (secondary N) is 2. The van der Waals surface area contributed by atoms with Crippen LogP contribution < -0.4 is 10.6 Å². The van der Waals surface area contributed by atoms with E-state index in [1.54, 1.807) is 10.6 Å². The summed E-state index contributed by atoms with van der Waals surface area (Å²) < 4.78 is 7.54. The molecule has 5 aromatic rings. The van der Waals surface area contributed by atoms with Crippen molar-refractivity contribution in [3.8, 4) is 21.9 Å². The van der Waals surface area contributed by atoms with E-state index in [-0.39, 0.29) is 11.0 Å². The number of thiocarbonyl (C=S) groups is 1. The number of fused-ring (bicyclic) bond motifs is 1. The topological polar surface area (TPSA) is 97.3 Å². The Morgan fingerprint density at radius 1 is 1.09 bits per heavy atom. The summed E-state index contributed by atoms with van der Waals surface area (Å²) in [6.07, 6.45) is 3.73. The van der Waals surface area contributed by atoms with Gasteiger partial charge in [0, 0.05) is 29.3 Å². The van der Waals surface area contributed by atoms with Gasteiger partial charge in [-0.1, -0.05) is 60.7 Å². The Hall–Kier alpha value is -4.15. The normalized spacial score (nSPS) is 11.2. The Morgan fingerprint density at radius 3 is 2.74 bits per heavy atom. The Balaban J connectivity index is 1.20. The molecular weight excluding hydrogens is 480 g/mol. The molecule has 0 saturated carbocycles. The molecule has 3 aromatic heterocycles. The summed E-state index contributed by atoms with van der Waals surface area (Å²) in [5.41, 5.74) is 2.61. The Kier molecular flexibility index (Phi) is 6.47. The van der Waals surface area contributed by atoms with Crippen molar-refractivity contribution in [3.63, 3.8) is 0 Å². The van der Waals surface area contributed by atoms with Gasteiger partial charge in [0.1, 0.15) is 16.5 Å². The van der Waals surface area contributed by atoms with Crippen molar-refractivity contribution in [1.29, 1.82) is 0 Å². The number of hydrogen-bond donors (Lipinski definition) is 2. The van der Waals surface area contributed by atoms with E-state index in [2.05, 4.69) is 25.9 Å². The summed E-state index contributed by atoms with van der Waals surface area (Å²) in [4.78, 5) is 13.1. The summed E-state index contributed by atoms with van der Waals surface area (Å²) in [6.45, 7) is 2.01. The third-order valence-electron chi connectivity index (χ3n) is 5.06. The molecule has 0 bridgehead atoms. The van der Waals surface area contributed by atoms with Gasteiger partial charge in [0.15, 0.2) is 10.9 Å². The highest BCUT2D eigenvalue weighted by atomic mass is 32.1. The first-order chi connectivity index (χ1) is 17.1. The molecule has 0 aliphatic heterocycles. The molecule has 8 nitrogen and oxygen atoms in total. The van der Waals surface area contributed by atoms with Gasteiger partial charge in [-0.25, -0.2) is 0 Å². The summed E-state index contributed by atoms with van der Waals surface area (Å²) >= 11 is 6.77. The first-order valence-corrected chi connectivity index (χ1v) is 12.1. The molecule has 0 spiro atoms. The van der Waals surface area contributed by atoms with Crippen LogP contribution in [0.15, 0.2) is 77.2 Å². The predicted molar refractivity (Wildman–Crippen MR) is 141 cm³/mol. The average Bonchev–Trinajstić information content (AvgIpc) is 3.59. The molecule has 0 radical (unpaired) electrons. The molecule has 5 rings (SSSR count). The largest absolute Gasteiger partial charge is 0.457 e. The predicted octanol–water partition coefficient (Wildman–Crippen LogP) is 5.20. The lowest BCUT2D eigenvalue weighted by Gasteiger charge is -2.09. The quantitative estimate of drug-likeness (QED) is 0.244. The smallest absolute Gasteiger partial charge is 0.250 e. The molecule has 3 heterocycles. The van der Waals surface area contributed by atoms with Gasteiger partial charge in [-0.2, -0.15) is 9.61 Å². The summed E-state index contributed by atoms with van der Waals surface area (Å²) in [5.74, 6) is 1.76. The van der Waals surface area contributed by atoms with Crippen LogP contribution in [0.4, 0.5) is 5.69 Å². The maximum Gasteiger partial charge on any atom is 0.250 e. The standard InChI is InChI=1S/C25H20N6O2S2/c1-2-21-28-29-25-31(21)30-23(35-25)17-9-6-10-18(15-17)26-24(34)27-22(32)14-12-19-11-13-20(33-19)16-7-4-3-5-8-16/h3-15H,2H2,1H3,(H2,26,27,32,34)/b14-12+. The number of benzene rings is 2. The third kappa shape index (κ3) is 5.18. The fourth-order valence-corrected chi connectivity index (χ4v) is 4.47. The minimum absolute atomic E-state index is 0.188. The average molecular weight is 501 g/mol. The SMILES string of the molecule is CCc1nnc2sc(-c3cccc(NC(=S)NC(=O)/C=C/c4ccc(-c5ccccc5)o4)c3)nn12. The van der Waals surface area contributed by atoms with Crippen molar-refractivity contribution in [2.75, 3.05) is 5.32 Å². The van der Waals surface area contributed by atoms with E-state index in [0.717, 1.165) is 44.8 Å². The van der Waals surface area contributed by atoms with E-state index in [4.69, 9.17) is 16.6 Å². The van der Waals surface area contributed by atoms with Crippen molar-refractivity contribution in [2.24, 2.45) is 0 Å².